The van der Waals surface area contributed by atoms with E-state index < -0.39 is 0 Å². The zero-order valence-electron chi connectivity index (χ0n) is 12.1. The Hall–Kier alpha value is -1.29. The molecule has 1 aromatic heterocycles. The fourth-order valence-corrected chi connectivity index (χ4v) is 3.21. The predicted molar refractivity (Wildman–Crippen MR) is 83.3 cm³/mol. The molecule has 0 fully saturated rings. The number of hydrogen-bond donors (Lipinski definition) is 1. The number of nitrogens with zero attached hydrogens (tertiary/aromatic N) is 1. The van der Waals surface area contributed by atoms with Crippen LogP contribution in [-0.2, 0) is 0 Å². The molecule has 0 aliphatic rings. The number of ether oxygens (including phenoxy) is 1. The third-order valence-electron chi connectivity index (χ3n) is 2.87. The number of benzene rings is 1. The molecular weight excluding hydrogens is 256 g/mol. The van der Waals surface area contributed by atoms with Crippen molar-refractivity contribution in [1.82, 2.24) is 4.98 Å². The molecule has 2 aromatic rings. The van der Waals surface area contributed by atoms with Crippen LogP contribution in [0.3, 0.4) is 0 Å². The lowest BCUT2D eigenvalue weighted by molar-refractivity contribution is 0.341. The Bertz CT molecular complexity index is 536. The molecule has 1 unspecified atom stereocenters. The quantitative estimate of drug-likeness (QED) is 0.842. The van der Waals surface area contributed by atoms with Gasteiger partial charge in [-0.05, 0) is 44.4 Å². The standard InChI is InChI=1S/C15H22N2OS/c1-5-18-12-6-7-13-14(9-12)19-15(17-13)16-11(4)8-10(2)3/h6-7,9-11H,5,8H2,1-4H3,(H,16,17). The lowest BCUT2D eigenvalue weighted by Gasteiger charge is -2.14. The molecule has 0 aliphatic carbocycles. The molecule has 1 N–H and O–H groups in total. The van der Waals surface area contributed by atoms with E-state index in [1.165, 1.54) is 4.70 Å². The largest absolute Gasteiger partial charge is 0.494 e. The highest BCUT2D eigenvalue weighted by atomic mass is 32.1. The first kappa shape index (κ1) is 14.1. The van der Waals surface area contributed by atoms with Gasteiger partial charge in [0.1, 0.15) is 5.75 Å². The molecule has 1 atom stereocenters. The van der Waals surface area contributed by atoms with Crippen molar-refractivity contribution in [1.29, 1.82) is 0 Å². The van der Waals surface area contributed by atoms with Crippen LogP contribution < -0.4 is 10.1 Å². The second-order valence-electron chi connectivity index (χ2n) is 5.26. The molecule has 104 valence electrons. The van der Waals surface area contributed by atoms with Gasteiger partial charge in [0.05, 0.1) is 16.8 Å². The maximum absolute atomic E-state index is 5.52. The van der Waals surface area contributed by atoms with Crippen LogP contribution in [0, 0.1) is 5.92 Å². The van der Waals surface area contributed by atoms with Gasteiger partial charge >= 0.3 is 0 Å². The number of anilines is 1. The van der Waals surface area contributed by atoms with Crippen molar-refractivity contribution in [2.75, 3.05) is 11.9 Å². The number of thiazole rings is 1. The Kier molecular flexibility index (Phi) is 4.64. The lowest BCUT2D eigenvalue weighted by atomic mass is 10.1. The Morgan fingerprint density at radius 3 is 2.79 bits per heavy atom. The third-order valence-corrected chi connectivity index (χ3v) is 3.82. The summed E-state index contributed by atoms with van der Waals surface area (Å²) in [5.74, 6) is 1.61. The molecule has 1 heterocycles. The average molecular weight is 278 g/mol. The smallest absolute Gasteiger partial charge is 0.184 e. The van der Waals surface area contributed by atoms with E-state index >= 15 is 0 Å². The summed E-state index contributed by atoms with van der Waals surface area (Å²) in [6, 6.07) is 6.52. The summed E-state index contributed by atoms with van der Waals surface area (Å²) >= 11 is 1.69. The van der Waals surface area contributed by atoms with E-state index in [1.807, 2.05) is 19.1 Å². The van der Waals surface area contributed by atoms with Gasteiger partial charge in [0.15, 0.2) is 5.13 Å². The zero-order chi connectivity index (χ0) is 13.8. The maximum atomic E-state index is 5.52. The van der Waals surface area contributed by atoms with E-state index in [1.54, 1.807) is 11.3 Å². The molecule has 2 rings (SSSR count). The van der Waals surface area contributed by atoms with Crippen LogP contribution in [0.5, 0.6) is 5.75 Å². The van der Waals surface area contributed by atoms with Gasteiger partial charge in [0.25, 0.3) is 0 Å². The normalized spacial score (nSPS) is 12.9. The Labute approximate surface area is 119 Å². The molecule has 0 amide bonds. The molecule has 3 nitrogen and oxygen atoms in total. The van der Waals surface area contributed by atoms with Crippen molar-refractivity contribution in [2.24, 2.45) is 5.92 Å². The van der Waals surface area contributed by atoms with E-state index in [0.717, 1.165) is 22.8 Å². The van der Waals surface area contributed by atoms with E-state index in [-0.39, 0.29) is 0 Å². The van der Waals surface area contributed by atoms with E-state index in [0.29, 0.717) is 18.6 Å². The summed E-state index contributed by atoms with van der Waals surface area (Å²) in [7, 11) is 0. The minimum absolute atomic E-state index is 0.451. The van der Waals surface area contributed by atoms with Crippen molar-refractivity contribution in [3.8, 4) is 5.75 Å². The van der Waals surface area contributed by atoms with Crippen molar-refractivity contribution in [3.63, 3.8) is 0 Å². The van der Waals surface area contributed by atoms with E-state index in [4.69, 9.17) is 4.74 Å². The Morgan fingerprint density at radius 1 is 1.32 bits per heavy atom. The van der Waals surface area contributed by atoms with Crippen LogP contribution in [0.25, 0.3) is 10.2 Å². The summed E-state index contributed by atoms with van der Waals surface area (Å²) in [5.41, 5.74) is 1.03. The molecular formula is C15H22N2OS. The summed E-state index contributed by atoms with van der Waals surface area (Å²) in [6.45, 7) is 9.38. The average Bonchev–Trinajstić information content (AvgIpc) is 2.69. The fraction of sp³-hybridized carbons (Fsp3) is 0.533. The van der Waals surface area contributed by atoms with Crippen LogP contribution in [0.4, 0.5) is 5.13 Å². The molecule has 0 saturated heterocycles. The second-order valence-corrected chi connectivity index (χ2v) is 6.29. The van der Waals surface area contributed by atoms with Crippen molar-refractivity contribution >= 4 is 26.7 Å². The fourth-order valence-electron chi connectivity index (χ4n) is 2.20. The molecule has 0 aliphatic heterocycles. The van der Waals surface area contributed by atoms with Gasteiger partial charge in [-0.15, -0.1) is 0 Å². The number of nitrogens with one attached hydrogen (secondary N) is 1. The Morgan fingerprint density at radius 2 is 2.11 bits per heavy atom. The van der Waals surface area contributed by atoms with Gasteiger partial charge in [0.2, 0.25) is 0 Å². The number of rotatable bonds is 6. The van der Waals surface area contributed by atoms with Gasteiger partial charge in [-0.1, -0.05) is 25.2 Å². The molecule has 1 aromatic carbocycles. The first-order valence-electron chi connectivity index (χ1n) is 6.88. The van der Waals surface area contributed by atoms with Gasteiger partial charge in [0, 0.05) is 6.04 Å². The summed E-state index contributed by atoms with van der Waals surface area (Å²) < 4.78 is 6.69. The SMILES string of the molecule is CCOc1ccc2nc(NC(C)CC(C)C)sc2c1. The highest BCUT2D eigenvalue weighted by Gasteiger charge is 2.09. The number of fused-ring (bicyclic) bond motifs is 1. The number of aromatic nitrogens is 1. The van der Waals surface area contributed by atoms with Crippen molar-refractivity contribution in [2.45, 2.75) is 40.2 Å². The van der Waals surface area contributed by atoms with E-state index in [2.05, 4.69) is 37.1 Å². The van der Waals surface area contributed by atoms with Crippen LogP contribution >= 0.6 is 11.3 Å². The molecule has 4 heteroatoms. The molecule has 0 saturated carbocycles. The third kappa shape index (κ3) is 3.83. The predicted octanol–water partition coefficient (Wildman–Crippen LogP) is 4.54. The first-order chi connectivity index (χ1) is 9.08. The summed E-state index contributed by atoms with van der Waals surface area (Å²) in [6.07, 6.45) is 1.15. The van der Waals surface area contributed by atoms with Gasteiger partial charge in [-0.3, -0.25) is 0 Å². The highest BCUT2D eigenvalue weighted by Crippen LogP contribution is 2.30. The minimum Gasteiger partial charge on any atom is -0.494 e. The molecule has 0 spiro atoms. The topological polar surface area (TPSA) is 34.1 Å². The van der Waals surface area contributed by atoms with Crippen molar-refractivity contribution < 1.29 is 4.74 Å². The van der Waals surface area contributed by atoms with E-state index in [9.17, 15) is 0 Å². The monoisotopic (exact) mass is 278 g/mol. The molecule has 0 radical (unpaired) electrons. The second kappa shape index (κ2) is 6.24. The van der Waals surface area contributed by atoms with Gasteiger partial charge < -0.3 is 10.1 Å². The Balaban J connectivity index is 2.12. The highest BCUT2D eigenvalue weighted by molar-refractivity contribution is 7.22. The molecule has 19 heavy (non-hydrogen) atoms. The van der Waals surface area contributed by atoms with Gasteiger partial charge in [-0.2, -0.15) is 0 Å². The molecule has 0 bridgehead atoms. The van der Waals surface area contributed by atoms with Crippen LogP contribution in [-0.4, -0.2) is 17.6 Å². The summed E-state index contributed by atoms with van der Waals surface area (Å²) in [5, 5.41) is 4.48. The lowest BCUT2D eigenvalue weighted by Crippen LogP contribution is -2.17. The maximum Gasteiger partial charge on any atom is 0.184 e. The van der Waals surface area contributed by atoms with Gasteiger partial charge in [-0.25, -0.2) is 4.98 Å². The van der Waals surface area contributed by atoms with Crippen molar-refractivity contribution in [3.05, 3.63) is 18.2 Å². The first-order valence-corrected chi connectivity index (χ1v) is 7.70. The zero-order valence-corrected chi connectivity index (χ0v) is 12.9. The summed E-state index contributed by atoms with van der Waals surface area (Å²) in [4.78, 5) is 4.61. The minimum atomic E-state index is 0.451. The van der Waals surface area contributed by atoms with Crippen LogP contribution in [0.1, 0.15) is 34.1 Å². The van der Waals surface area contributed by atoms with Crippen LogP contribution in [0.2, 0.25) is 0 Å². The number of hydrogen-bond acceptors (Lipinski definition) is 4. The van der Waals surface area contributed by atoms with Crippen LogP contribution in [0.15, 0.2) is 18.2 Å².